The van der Waals surface area contributed by atoms with Crippen molar-refractivity contribution in [3.8, 4) is 0 Å². The Morgan fingerprint density at radius 3 is 2.21 bits per heavy atom. The van der Waals surface area contributed by atoms with E-state index in [1.165, 1.54) is 6.92 Å². The number of esters is 1. The first kappa shape index (κ1) is 12.9. The highest BCUT2D eigenvalue weighted by molar-refractivity contribution is 5.97. The minimum Gasteiger partial charge on any atom is -0.459 e. The predicted octanol–water partition coefficient (Wildman–Crippen LogP) is 2.11. The van der Waals surface area contributed by atoms with Crippen LogP contribution in [0.15, 0.2) is 12.7 Å². The lowest BCUT2D eigenvalue weighted by atomic mass is 10.0. The molecule has 0 spiro atoms. The van der Waals surface area contributed by atoms with Crippen molar-refractivity contribution < 1.29 is 14.3 Å². The van der Waals surface area contributed by atoms with E-state index in [1.807, 2.05) is 0 Å². The van der Waals surface area contributed by atoms with E-state index in [1.54, 1.807) is 26.8 Å². The second-order valence-electron chi connectivity index (χ2n) is 4.22. The number of Topliss-reactive ketones (excluding diaryl/α,β-unsaturated/α-hetero) is 1. The van der Waals surface area contributed by atoms with E-state index in [2.05, 4.69) is 6.58 Å². The van der Waals surface area contributed by atoms with Crippen molar-refractivity contribution in [3.63, 3.8) is 0 Å². The molecule has 0 aromatic carbocycles. The topological polar surface area (TPSA) is 43.4 Å². The smallest absolute Gasteiger partial charge is 0.317 e. The van der Waals surface area contributed by atoms with Crippen LogP contribution in [0.2, 0.25) is 0 Å². The van der Waals surface area contributed by atoms with Crippen molar-refractivity contribution in [1.29, 1.82) is 0 Å². The van der Waals surface area contributed by atoms with Gasteiger partial charge in [-0.05, 0) is 34.1 Å². The zero-order chi connectivity index (χ0) is 11.4. The quantitative estimate of drug-likeness (QED) is 0.395. The Morgan fingerprint density at radius 1 is 1.43 bits per heavy atom. The van der Waals surface area contributed by atoms with Crippen LogP contribution in [0.4, 0.5) is 0 Å². The summed E-state index contributed by atoms with van der Waals surface area (Å²) in [5.74, 6) is -1.35. The molecule has 0 aromatic rings. The SMILES string of the molecule is C=CC[C@H](C(C)=O)C(=O)OC(C)(C)C. The van der Waals surface area contributed by atoms with E-state index in [0.29, 0.717) is 6.42 Å². The Morgan fingerprint density at radius 2 is 1.93 bits per heavy atom. The summed E-state index contributed by atoms with van der Waals surface area (Å²) in [5, 5.41) is 0. The predicted molar refractivity (Wildman–Crippen MR) is 54.8 cm³/mol. The van der Waals surface area contributed by atoms with E-state index in [4.69, 9.17) is 4.74 Å². The van der Waals surface area contributed by atoms with E-state index < -0.39 is 17.5 Å². The molecule has 80 valence electrons. The fourth-order valence-corrected chi connectivity index (χ4v) is 0.968. The molecular weight excluding hydrogens is 180 g/mol. The molecule has 0 saturated heterocycles. The molecule has 0 heterocycles. The van der Waals surface area contributed by atoms with Gasteiger partial charge in [-0.1, -0.05) is 6.08 Å². The first-order valence-corrected chi connectivity index (χ1v) is 4.62. The summed E-state index contributed by atoms with van der Waals surface area (Å²) in [7, 11) is 0. The lowest BCUT2D eigenvalue weighted by Gasteiger charge is -2.22. The van der Waals surface area contributed by atoms with Gasteiger partial charge in [0, 0.05) is 0 Å². The van der Waals surface area contributed by atoms with E-state index in [-0.39, 0.29) is 5.78 Å². The first-order chi connectivity index (χ1) is 6.28. The number of hydrogen-bond donors (Lipinski definition) is 0. The molecule has 3 nitrogen and oxygen atoms in total. The van der Waals surface area contributed by atoms with Crippen molar-refractivity contribution in [2.24, 2.45) is 5.92 Å². The third-order valence-corrected chi connectivity index (χ3v) is 1.58. The van der Waals surface area contributed by atoms with Gasteiger partial charge in [0.1, 0.15) is 17.3 Å². The highest BCUT2D eigenvalue weighted by Gasteiger charge is 2.27. The van der Waals surface area contributed by atoms with Crippen LogP contribution in [-0.2, 0) is 14.3 Å². The third kappa shape index (κ3) is 4.80. The molecule has 0 rings (SSSR count). The Bertz CT molecular complexity index is 235. The van der Waals surface area contributed by atoms with Gasteiger partial charge in [-0.3, -0.25) is 9.59 Å². The second kappa shape index (κ2) is 4.94. The van der Waals surface area contributed by atoms with Gasteiger partial charge in [0.15, 0.2) is 0 Å². The fourth-order valence-electron chi connectivity index (χ4n) is 0.968. The molecule has 0 fully saturated rings. The molecule has 0 aliphatic heterocycles. The molecule has 0 aromatic heterocycles. The Kier molecular flexibility index (Phi) is 4.54. The Hall–Kier alpha value is -1.12. The molecule has 0 aliphatic carbocycles. The zero-order valence-corrected chi connectivity index (χ0v) is 9.29. The molecule has 0 unspecified atom stereocenters. The standard InChI is InChI=1S/C11H18O3/c1-6-7-9(8(2)12)10(13)14-11(3,4)5/h6,9H,1,7H2,2-5H3/t9-/m1/s1. The number of carbonyl (C=O) groups is 2. The number of ether oxygens (including phenoxy) is 1. The van der Waals surface area contributed by atoms with Gasteiger partial charge in [-0.2, -0.15) is 0 Å². The van der Waals surface area contributed by atoms with Gasteiger partial charge in [0.25, 0.3) is 0 Å². The van der Waals surface area contributed by atoms with E-state index in [0.717, 1.165) is 0 Å². The van der Waals surface area contributed by atoms with Crippen LogP contribution in [0.3, 0.4) is 0 Å². The summed E-state index contributed by atoms with van der Waals surface area (Å²) >= 11 is 0. The summed E-state index contributed by atoms with van der Waals surface area (Å²) in [6.45, 7) is 10.2. The Labute approximate surface area is 85.1 Å². The summed E-state index contributed by atoms with van der Waals surface area (Å²) in [6, 6.07) is 0. The zero-order valence-electron chi connectivity index (χ0n) is 9.29. The summed E-state index contributed by atoms with van der Waals surface area (Å²) in [4.78, 5) is 22.6. The normalized spacial score (nSPS) is 13.1. The van der Waals surface area contributed by atoms with Gasteiger partial charge >= 0.3 is 5.97 Å². The number of ketones is 1. The third-order valence-electron chi connectivity index (χ3n) is 1.58. The maximum absolute atomic E-state index is 11.5. The fraction of sp³-hybridized carbons (Fsp3) is 0.636. The van der Waals surface area contributed by atoms with Crippen LogP contribution < -0.4 is 0 Å². The van der Waals surface area contributed by atoms with Crippen molar-refractivity contribution in [2.75, 3.05) is 0 Å². The van der Waals surface area contributed by atoms with Gasteiger partial charge in [0.2, 0.25) is 0 Å². The van der Waals surface area contributed by atoms with Crippen molar-refractivity contribution in [2.45, 2.75) is 39.7 Å². The lowest BCUT2D eigenvalue weighted by Crippen LogP contribution is -2.31. The summed E-state index contributed by atoms with van der Waals surface area (Å²) in [5.41, 5.74) is -0.550. The van der Waals surface area contributed by atoms with Crippen molar-refractivity contribution >= 4 is 11.8 Å². The first-order valence-electron chi connectivity index (χ1n) is 4.62. The molecule has 3 heteroatoms. The van der Waals surface area contributed by atoms with Gasteiger partial charge in [0.05, 0.1) is 0 Å². The van der Waals surface area contributed by atoms with Gasteiger partial charge < -0.3 is 4.74 Å². The van der Waals surface area contributed by atoms with E-state index in [9.17, 15) is 9.59 Å². The van der Waals surface area contributed by atoms with Crippen LogP contribution >= 0.6 is 0 Å². The molecule has 0 saturated carbocycles. The summed E-state index contributed by atoms with van der Waals surface area (Å²) in [6.07, 6.45) is 1.89. The average molecular weight is 198 g/mol. The average Bonchev–Trinajstić information content (AvgIpc) is 1.95. The number of hydrogen-bond acceptors (Lipinski definition) is 3. The highest BCUT2D eigenvalue weighted by atomic mass is 16.6. The maximum atomic E-state index is 11.5. The molecule has 1 atom stereocenters. The van der Waals surface area contributed by atoms with Gasteiger partial charge in [-0.15, -0.1) is 6.58 Å². The Balaban J connectivity index is 4.45. The molecular formula is C11H18O3. The van der Waals surface area contributed by atoms with Crippen LogP contribution in [0.1, 0.15) is 34.1 Å². The minimum absolute atomic E-state index is 0.181. The minimum atomic E-state index is -0.702. The summed E-state index contributed by atoms with van der Waals surface area (Å²) < 4.78 is 5.11. The number of allylic oxidation sites excluding steroid dienone is 1. The number of carbonyl (C=O) groups excluding carboxylic acids is 2. The maximum Gasteiger partial charge on any atom is 0.317 e. The molecule has 0 amide bonds. The number of rotatable bonds is 4. The largest absolute Gasteiger partial charge is 0.459 e. The van der Waals surface area contributed by atoms with Crippen LogP contribution in [0.5, 0.6) is 0 Å². The van der Waals surface area contributed by atoms with Crippen LogP contribution in [-0.4, -0.2) is 17.4 Å². The molecule has 0 bridgehead atoms. The highest BCUT2D eigenvalue weighted by Crippen LogP contribution is 2.14. The van der Waals surface area contributed by atoms with Crippen molar-refractivity contribution in [1.82, 2.24) is 0 Å². The lowest BCUT2D eigenvalue weighted by molar-refractivity contribution is -0.161. The second-order valence-corrected chi connectivity index (χ2v) is 4.22. The molecule has 0 aliphatic rings. The molecule has 0 radical (unpaired) electrons. The molecule has 14 heavy (non-hydrogen) atoms. The van der Waals surface area contributed by atoms with Crippen LogP contribution in [0, 0.1) is 5.92 Å². The molecule has 0 N–H and O–H groups in total. The van der Waals surface area contributed by atoms with Crippen LogP contribution in [0.25, 0.3) is 0 Å². The van der Waals surface area contributed by atoms with Gasteiger partial charge in [-0.25, -0.2) is 0 Å². The van der Waals surface area contributed by atoms with E-state index >= 15 is 0 Å². The van der Waals surface area contributed by atoms with Crippen molar-refractivity contribution in [3.05, 3.63) is 12.7 Å². The monoisotopic (exact) mass is 198 g/mol.